The standard InChI is InChI=1S/C11H19N3O/c1-2-14-6-5-13-10(14)9-11(12)3-7-15-8-4-11/h5-6H,2-4,7-9,12H2,1H3. The molecule has 2 rings (SSSR count). The summed E-state index contributed by atoms with van der Waals surface area (Å²) >= 11 is 0. The second-order valence-corrected chi connectivity index (χ2v) is 4.28. The van der Waals surface area contributed by atoms with Crippen LogP contribution in [0.2, 0.25) is 0 Å². The van der Waals surface area contributed by atoms with Crippen LogP contribution in [-0.4, -0.2) is 28.3 Å². The number of imidazole rings is 1. The van der Waals surface area contributed by atoms with Gasteiger partial charge in [-0.25, -0.2) is 4.98 Å². The lowest BCUT2D eigenvalue weighted by Crippen LogP contribution is -2.47. The van der Waals surface area contributed by atoms with E-state index >= 15 is 0 Å². The van der Waals surface area contributed by atoms with Gasteiger partial charge in [0.2, 0.25) is 0 Å². The van der Waals surface area contributed by atoms with Gasteiger partial charge >= 0.3 is 0 Å². The maximum absolute atomic E-state index is 6.34. The molecule has 4 heteroatoms. The maximum atomic E-state index is 6.34. The normalized spacial score (nSPS) is 20.4. The van der Waals surface area contributed by atoms with Crippen LogP contribution in [0.15, 0.2) is 12.4 Å². The van der Waals surface area contributed by atoms with Crippen LogP contribution >= 0.6 is 0 Å². The molecule has 0 aliphatic carbocycles. The van der Waals surface area contributed by atoms with Gasteiger partial charge in [0.25, 0.3) is 0 Å². The summed E-state index contributed by atoms with van der Waals surface area (Å²) in [6, 6.07) is 0. The van der Waals surface area contributed by atoms with E-state index in [4.69, 9.17) is 10.5 Å². The minimum Gasteiger partial charge on any atom is -0.381 e. The van der Waals surface area contributed by atoms with E-state index in [-0.39, 0.29) is 5.54 Å². The number of aromatic nitrogens is 2. The molecule has 0 amide bonds. The molecule has 2 heterocycles. The summed E-state index contributed by atoms with van der Waals surface area (Å²) in [4.78, 5) is 4.37. The van der Waals surface area contributed by atoms with E-state index < -0.39 is 0 Å². The molecule has 1 fully saturated rings. The summed E-state index contributed by atoms with van der Waals surface area (Å²) in [5.74, 6) is 1.10. The average molecular weight is 209 g/mol. The Balaban J connectivity index is 2.06. The molecule has 84 valence electrons. The van der Waals surface area contributed by atoms with Crippen molar-refractivity contribution >= 4 is 0 Å². The minimum atomic E-state index is -0.115. The van der Waals surface area contributed by atoms with Crippen LogP contribution < -0.4 is 5.73 Å². The van der Waals surface area contributed by atoms with Crippen molar-refractivity contribution in [1.29, 1.82) is 0 Å². The van der Waals surface area contributed by atoms with Gasteiger partial charge in [-0.15, -0.1) is 0 Å². The van der Waals surface area contributed by atoms with Crippen molar-refractivity contribution in [2.75, 3.05) is 13.2 Å². The Morgan fingerprint density at radius 2 is 2.27 bits per heavy atom. The van der Waals surface area contributed by atoms with Gasteiger partial charge in [-0.1, -0.05) is 0 Å². The second kappa shape index (κ2) is 4.33. The Bertz CT molecular complexity index is 315. The van der Waals surface area contributed by atoms with E-state index in [1.807, 2.05) is 12.4 Å². The molecule has 0 aromatic carbocycles. The number of nitrogens with zero attached hydrogens (tertiary/aromatic N) is 2. The molecule has 1 aromatic heterocycles. The fraction of sp³-hybridized carbons (Fsp3) is 0.727. The van der Waals surface area contributed by atoms with Gasteiger partial charge < -0.3 is 15.0 Å². The first-order valence-electron chi connectivity index (χ1n) is 5.60. The van der Waals surface area contributed by atoms with Gasteiger partial charge in [-0.2, -0.15) is 0 Å². The van der Waals surface area contributed by atoms with Crippen molar-refractivity contribution in [3.05, 3.63) is 18.2 Å². The highest BCUT2D eigenvalue weighted by Gasteiger charge is 2.29. The molecule has 0 saturated carbocycles. The number of ether oxygens (including phenoxy) is 1. The number of aryl methyl sites for hydroxylation is 1. The lowest BCUT2D eigenvalue weighted by atomic mass is 9.87. The molecule has 1 aromatic rings. The number of rotatable bonds is 3. The zero-order valence-corrected chi connectivity index (χ0v) is 9.28. The summed E-state index contributed by atoms with van der Waals surface area (Å²) in [6.45, 7) is 4.65. The molecule has 0 spiro atoms. The highest BCUT2D eigenvalue weighted by atomic mass is 16.5. The van der Waals surface area contributed by atoms with E-state index in [1.165, 1.54) is 0 Å². The molecule has 2 N–H and O–H groups in total. The molecule has 4 nitrogen and oxygen atoms in total. The van der Waals surface area contributed by atoms with Crippen LogP contribution in [0.5, 0.6) is 0 Å². The SMILES string of the molecule is CCn1ccnc1CC1(N)CCOCC1. The van der Waals surface area contributed by atoms with Crippen LogP contribution in [0, 0.1) is 0 Å². The van der Waals surface area contributed by atoms with E-state index in [0.717, 1.165) is 44.8 Å². The smallest absolute Gasteiger partial charge is 0.110 e. The maximum Gasteiger partial charge on any atom is 0.110 e. The fourth-order valence-electron chi connectivity index (χ4n) is 2.06. The number of hydrogen-bond donors (Lipinski definition) is 1. The topological polar surface area (TPSA) is 53.1 Å². The first-order valence-corrected chi connectivity index (χ1v) is 5.60. The van der Waals surface area contributed by atoms with Gasteiger partial charge in [-0.3, -0.25) is 0 Å². The Morgan fingerprint density at radius 3 is 2.93 bits per heavy atom. The predicted octanol–water partition coefficient (Wildman–Crippen LogP) is 0.953. The third-order valence-corrected chi connectivity index (χ3v) is 3.14. The molecule has 1 saturated heterocycles. The zero-order chi connectivity index (χ0) is 10.7. The van der Waals surface area contributed by atoms with Crippen molar-refractivity contribution in [2.45, 2.75) is 38.3 Å². The van der Waals surface area contributed by atoms with Crippen LogP contribution in [0.4, 0.5) is 0 Å². The van der Waals surface area contributed by atoms with E-state index in [1.54, 1.807) is 0 Å². The van der Waals surface area contributed by atoms with Crippen molar-refractivity contribution in [2.24, 2.45) is 5.73 Å². The van der Waals surface area contributed by atoms with Gasteiger partial charge in [-0.05, 0) is 19.8 Å². The van der Waals surface area contributed by atoms with Crippen LogP contribution in [0.3, 0.4) is 0 Å². The van der Waals surface area contributed by atoms with Crippen molar-refractivity contribution in [3.63, 3.8) is 0 Å². The Morgan fingerprint density at radius 1 is 1.53 bits per heavy atom. The summed E-state index contributed by atoms with van der Waals surface area (Å²) in [6.07, 6.45) is 6.59. The van der Waals surface area contributed by atoms with Gasteiger partial charge in [0.05, 0.1) is 0 Å². The van der Waals surface area contributed by atoms with Gasteiger partial charge in [0.1, 0.15) is 5.82 Å². The summed E-state index contributed by atoms with van der Waals surface area (Å²) in [5.41, 5.74) is 6.23. The third kappa shape index (κ3) is 2.38. The summed E-state index contributed by atoms with van der Waals surface area (Å²) in [7, 11) is 0. The molecular weight excluding hydrogens is 190 g/mol. The lowest BCUT2D eigenvalue weighted by Gasteiger charge is -2.33. The molecule has 0 unspecified atom stereocenters. The van der Waals surface area contributed by atoms with E-state index in [9.17, 15) is 0 Å². The van der Waals surface area contributed by atoms with E-state index in [0.29, 0.717) is 0 Å². The molecule has 1 aliphatic rings. The molecular formula is C11H19N3O. The highest BCUT2D eigenvalue weighted by Crippen LogP contribution is 2.21. The average Bonchev–Trinajstić information content (AvgIpc) is 2.65. The largest absolute Gasteiger partial charge is 0.381 e. The number of nitrogens with two attached hydrogens (primary N) is 1. The molecule has 15 heavy (non-hydrogen) atoms. The van der Waals surface area contributed by atoms with Crippen molar-refractivity contribution in [3.8, 4) is 0 Å². The highest BCUT2D eigenvalue weighted by molar-refractivity contribution is 5.01. The quantitative estimate of drug-likeness (QED) is 0.806. The third-order valence-electron chi connectivity index (χ3n) is 3.14. The first-order chi connectivity index (χ1) is 7.23. The Labute approximate surface area is 90.4 Å². The molecule has 0 atom stereocenters. The molecule has 0 bridgehead atoms. The number of hydrogen-bond acceptors (Lipinski definition) is 3. The molecule has 0 radical (unpaired) electrons. The second-order valence-electron chi connectivity index (χ2n) is 4.28. The van der Waals surface area contributed by atoms with Gasteiger partial charge in [0.15, 0.2) is 0 Å². The zero-order valence-electron chi connectivity index (χ0n) is 9.28. The van der Waals surface area contributed by atoms with Crippen LogP contribution in [-0.2, 0) is 17.7 Å². The lowest BCUT2D eigenvalue weighted by molar-refractivity contribution is 0.0524. The minimum absolute atomic E-state index is 0.115. The predicted molar refractivity (Wildman–Crippen MR) is 58.6 cm³/mol. The van der Waals surface area contributed by atoms with Crippen LogP contribution in [0.25, 0.3) is 0 Å². The fourth-order valence-corrected chi connectivity index (χ4v) is 2.06. The first kappa shape index (κ1) is 10.6. The Hall–Kier alpha value is -0.870. The van der Waals surface area contributed by atoms with E-state index in [2.05, 4.69) is 16.5 Å². The van der Waals surface area contributed by atoms with Crippen molar-refractivity contribution < 1.29 is 4.74 Å². The summed E-state index contributed by atoms with van der Waals surface area (Å²) < 4.78 is 7.49. The van der Waals surface area contributed by atoms with Crippen LogP contribution in [0.1, 0.15) is 25.6 Å². The monoisotopic (exact) mass is 209 g/mol. The van der Waals surface area contributed by atoms with Crippen molar-refractivity contribution in [1.82, 2.24) is 9.55 Å². The Kier molecular flexibility index (Phi) is 3.07. The summed E-state index contributed by atoms with van der Waals surface area (Å²) in [5, 5.41) is 0. The molecule has 1 aliphatic heterocycles. The van der Waals surface area contributed by atoms with Gasteiger partial charge in [0, 0.05) is 44.1 Å².